The molecular formula is C28H40N4O. The van der Waals surface area contributed by atoms with Crippen LogP contribution < -0.4 is 5.32 Å². The first kappa shape index (κ1) is 23.8. The summed E-state index contributed by atoms with van der Waals surface area (Å²) in [6.07, 6.45) is 3.57. The Bertz CT molecular complexity index is 841. The van der Waals surface area contributed by atoms with E-state index in [2.05, 4.69) is 76.6 Å². The molecule has 0 radical (unpaired) electrons. The van der Waals surface area contributed by atoms with Crippen LogP contribution in [0.15, 0.2) is 65.7 Å². The molecule has 2 fully saturated rings. The predicted octanol–water partition coefficient (Wildman–Crippen LogP) is 4.06. The number of ether oxygens (including phenoxy) is 1. The number of likely N-dealkylation sites (tertiary alicyclic amines) is 2. The van der Waals surface area contributed by atoms with Gasteiger partial charge in [-0.05, 0) is 49.8 Å². The molecule has 178 valence electrons. The Morgan fingerprint density at radius 1 is 0.939 bits per heavy atom. The zero-order chi connectivity index (χ0) is 22.7. The van der Waals surface area contributed by atoms with Crippen LogP contribution in [0.25, 0.3) is 0 Å². The van der Waals surface area contributed by atoms with Crippen molar-refractivity contribution >= 4 is 5.96 Å². The number of hydrogen-bond acceptors (Lipinski definition) is 3. The van der Waals surface area contributed by atoms with Gasteiger partial charge in [0.2, 0.25) is 0 Å². The molecule has 0 spiro atoms. The van der Waals surface area contributed by atoms with Crippen molar-refractivity contribution < 1.29 is 4.74 Å². The molecule has 2 aliphatic rings. The van der Waals surface area contributed by atoms with E-state index in [9.17, 15) is 0 Å². The maximum absolute atomic E-state index is 6.01. The molecule has 2 aromatic rings. The minimum absolute atomic E-state index is 0.581. The molecule has 0 saturated carbocycles. The third kappa shape index (κ3) is 7.58. The van der Waals surface area contributed by atoms with Crippen molar-refractivity contribution in [3.63, 3.8) is 0 Å². The second-order valence-corrected chi connectivity index (χ2v) is 9.49. The fourth-order valence-corrected chi connectivity index (χ4v) is 4.92. The molecule has 0 aliphatic carbocycles. The van der Waals surface area contributed by atoms with Gasteiger partial charge in [-0.3, -0.25) is 4.99 Å². The summed E-state index contributed by atoms with van der Waals surface area (Å²) in [7, 11) is 0. The lowest BCUT2D eigenvalue weighted by Crippen LogP contribution is -2.40. The van der Waals surface area contributed by atoms with Crippen LogP contribution in [0.3, 0.4) is 0 Å². The van der Waals surface area contributed by atoms with Crippen LogP contribution in [0.5, 0.6) is 0 Å². The number of aliphatic imine (C=N–C) groups is 1. The van der Waals surface area contributed by atoms with Gasteiger partial charge in [-0.1, -0.05) is 60.7 Å². The lowest BCUT2D eigenvalue weighted by Gasteiger charge is -2.22. The Kier molecular flexibility index (Phi) is 9.19. The maximum atomic E-state index is 6.01. The maximum Gasteiger partial charge on any atom is 0.193 e. The van der Waals surface area contributed by atoms with E-state index in [0.29, 0.717) is 18.4 Å². The number of guanidine groups is 1. The molecular weight excluding hydrogens is 408 g/mol. The zero-order valence-corrected chi connectivity index (χ0v) is 20.2. The Morgan fingerprint density at radius 2 is 1.67 bits per heavy atom. The van der Waals surface area contributed by atoms with Crippen molar-refractivity contribution in [2.45, 2.75) is 32.8 Å². The average Bonchev–Trinajstić information content (AvgIpc) is 3.52. The van der Waals surface area contributed by atoms with Crippen molar-refractivity contribution in [3.05, 3.63) is 71.8 Å². The van der Waals surface area contributed by atoms with Gasteiger partial charge in [-0.25, -0.2) is 0 Å². The Morgan fingerprint density at radius 3 is 2.42 bits per heavy atom. The molecule has 0 amide bonds. The standard InChI is InChI=1S/C28H40N4O/c1-2-29-28(32-18-15-27(21-32)23-33-22-25-11-7-4-8-12-25)30-19-26-14-17-31(20-26)16-13-24-9-5-3-6-10-24/h3-12,26-27H,2,13-23H2,1H3,(H,29,30). The highest BCUT2D eigenvalue weighted by Crippen LogP contribution is 2.20. The van der Waals surface area contributed by atoms with Gasteiger partial charge in [-0.2, -0.15) is 0 Å². The first-order valence-electron chi connectivity index (χ1n) is 12.7. The second-order valence-electron chi connectivity index (χ2n) is 9.49. The first-order chi connectivity index (χ1) is 16.3. The van der Waals surface area contributed by atoms with Gasteiger partial charge in [0.05, 0.1) is 13.2 Å². The van der Waals surface area contributed by atoms with Gasteiger partial charge in [-0.15, -0.1) is 0 Å². The third-order valence-corrected chi connectivity index (χ3v) is 6.81. The van der Waals surface area contributed by atoms with Gasteiger partial charge in [0.15, 0.2) is 5.96 Å². The van der Waals surface area contributed by atoms with E-state index < -0.39 is 0 Å². The van der Waals surface area contributed by atoms with Crippen molar-refractivity contribution in [2.24, 2.45) is 16.8 Å². The fourth-order valence-electron chi connectivity index (χ4n) is 4.92. The fraction of sp³-hybridized carbons (Fsp3) is 0.536. The van der Waals surface area contributed by atoms with E-state index in [1.54, 1.807) is 0 Å². The molecule has 2 saturated heterocycles. The van der Waals surface area contributed by atoms with Crippen LogP contribution in [0.2, 0.25) is 0 Å². The molecule has 2 aliphatic heterocycles. The molecule has 2 heterocycles. The summed E-state index contributed by atoms with van der Waals surface area (Å²) in [6.45, 7) is 11.2. The van der Waals surface area contributed by atoms with Crippen LogP contribution in [0.4, 0.5) is 0 Å². The molecule has 33 heavy (non-hydrogen) atoms. The summed E-state index contributed by atoms with van der Waals surface area (Å²) in [5, 5.41) is 3.53. The number of hydrogen-bond donors (Lipinski definition) is 1. The van der Waals surface area contributed by atoms with E-state index >= 15 is 0 Å². The van der Waals surface area contributed by atoms with Crippen LogP contribution in [0, 0.1) is 11.8 Å². The lowest BCUT2D eigenvalue weighted by atomic mass is 10.1. The van der Waals surface area contributed by atoms with Crippen LogP contribution >= 0.6 is 0 Å². The molecule has 1 N–H and O–H groups in total. The van der Waals surface area contributed by atoms with E-state index in [1.165, 1.54) is 37.1 Å². The lowest BCUT2D eigenvalue weighted by molar-refractivity contribution is 0.0906. The van der Waals surface area contributed by atoms with Crippen molar-refractivity contribution in [3.8, 4) is 0 Å². The van der Waals surface area contributed by atoms with E-state index in [1.807, 2.05) is 6.07 Å². The highest BCUT2D eigenvalue weighted by molar-refractivity contribution is 5.80. The SMILES string of the molecule is CCNC(=NCC1CCN(CCc2ccccc2)C1)N1CCC(COCc2ccccc2)C1. The predicted molar refractivity (Wildman–Crippen MR) is 136 cm³/mol. The highest BCUT2D eigenvalue weighted by atomic mass is 16.5. The number of rotatable bonds is 10. The minimum Gasteiger partial charge on any atom is -0.376 e. The molecule has 5 heteroatoms. The Labute approximate surface area is 199 Å². The van der Waals surface area contributed by atoms with Crippen LogP contribution in [0.1, 0.15) is 30.9 Å². The van der Waals surface area contributed by atoms with Crippen molar-refractivity contribution in [2.75, 3.05) is 52.4 Å². The Hall–Kier alpha value is -2.37. The molecule has 2 atom stereocenters. The largest absolute Gasteiger partial charge is 0.376 e. The summed E-state index contributed by atoms with van der Waals surface area (Å²) in [5.41, 5.74) is 2.68. The summed E-state index contributed by atoms with van der Waals surface area (Å²) < 4.78 is 6.01. The summed E-state index contributed by atoms with van der Waals surface area (Å²) in [6, 6.07) is 21.3. The van der Waals surface area contributed by atoms with Gasteiger partial charge >= 0.3 is 0 Å². The highest BCUT2D eigenvalue weighted by Gasteiger charge is 2.26. The molecule has 2 unspecified atom stereocenters. The van der Waals surface area contributed by atoms with E-state index in [4.69, 9.17) is 9.73 Å². The normalized spacial score (nSPS) is 21.6. The quantitative estimate of drug-likeness (QED) is 0.440. The minimum atomic E-state index is 0.581. The van der Waals surface area contributed by atoms with Gasteiger partial charge in [0, 0.05) is 45.2 Å². The molecule has 5 nitrogen and oxygen atoms in total. The van der Waals surface area contributed by atoms with Gasteiger partial charge < -0.3 is 19.9 Å². The summed E-state index contributed by atoms with van der Waals surface area (Å²) in [4.78, 5) is 10.1. The van der Waals surface area contributed by atoms with Crippen LogP contribution in [-0.2, 0) is 17.8 Å². The van der Waals surface area contributed by atoms with Gasteiger partial charge in [0.25, 0.3) is 0 Å². The van der Waals surface area contributed by atoms with Crippen molar-refractivity contribution in [1.82, 2.24) is 15.1 Å². The molecule has 2 aromatic carbocycles. The second kappa shape index (κ2) is 12.8. The smallest absolute Gasteiger partial charge is 0.193 e. The van der Waals surface area contributed by atoms with Crippen LogP contribution in [-0.4, -0.2) is 68.2 Å². The summed E-state index contributed by atoms with van der Waals surface area (Å²) in [5.74, 6) is 2.34. The van der Waals surface area contributed by atoms with Gasteiger partial charge in [0.1, 0.15) is 0 Å². The number of benzene rings is 2. The monoisotopic (exact) mass is 448 g/mol. The summed E-state index contributed by atoms with van der Waals surface area (Å²) >= 11 is 0. The molecule has 0 aromatic heterocycles. The zero-order valence-electron chi connectivity index (χ0n) is 20.2. The molecule has 4 rings (SSSR count). The number of nitrogens with zero attached hydrogens (tertiary/aromatic N) is 3. The van der Waals surface area contributed by atoms with Crippen molar-refractivity contribution in [1.29, 1.82) is 0 Å². The third-order valence-electron chi connectivity index (χ3n) is 6.81. The molecule has 0 bridgehead atoms. The Balaban J connectivity index is 1.19. The van der Waals surface area contributed by atoms with E-state index in [-0.39, 0.29) is 0 Å². The average molecular weight is 449 g/mol. The van der Waals surface area contributed by atoms with E-state index in [0.717, 1.165) is 51.7 Å². The number of nitrogens with one attached hydrogen (secondary N) is 1. The topological polar surface area (TPSA) is 40.1 Å². The first-order valence-corrected chi connectivity index (χ1v) is 12.7.